The van der Waals surface area contributed by atoms with Crippen molar-refractivity contribution < 1.29 is 32.2 Å². The summed E-state index contributed by atoms with van der Waals surface area (Å²) in [7, 11) is 0. The molecule has 1 aromatic rings. The van der Waals surface area contributed by atoms with Crippen molar-refractivity contribution >= 4 is 12.0 Å². The molecule has 10 heteroatoms. The fourth-order valence-corrected chi connectivity index (χ4v) is 6.09. The molecule has 5 rings (SSSR count). The molecule has 1 aromatic carbocycles. The SMILES string of the molecule is O=C1NC2CCC(C(=O)N3C[C@H]4CCN(/C=C/Cc5ccc(OC(F)(F)F)cc5)CC[C@H]4C3)CC2O1. The number of allylic oxidation sites excluding steroid dienone is 1. The Bertz CT molecular complexity index is 968. The number of carbonyl (C=O) groups is 2. The number of ether oxygens (including phenoxy) is 2. The smallest absolute Gasteiger partial charge is 0.444 e. The first-order chi connectivity index (χ1) is 17.2. The largest absolute Gasteiger partial charge is 0.573 e. The molecule has 0 bridgehead atoms. The Morgan fingerprint density at radius 2 is 1.78 bits per heavy atom. The van der Waals surface area contributed by atoms with Gasteiger partial charge in [0.25, 0.3) is 0 Å². The topological polar surface area (TPSA) is 71.1 Å². The van der Waals surface area contributed by atoms with Gasteiger partial charge in [0.1, 0.15) is 11.9 Å². The Balaban J connectivity index is 1.07. The lowest BCUT2D eigenvalue weighted by Crippen LogP contribution is -2.43. The highest BCUT2D eigenvalue weighted by atomic mass is 19.4. The van der Waals surface area contributed by atoms with Gasteiger partial charge < -0.3 is 24.6 Å². The first-order valence-corrected chi connectivity index (χ1v) is 12.7. The van der Waals surface area contributed by atoms with Gasteiger partial charge in [0, 0.05) is 32.1 Å². The summed E-state index contributed by atoms with van der Waals surface area (Å²) in [5.74, 6) is 0.933. The molecule has 1 saturated carbocycles. The number of halogens is 3. The molecule has 1 aliphatic carbocycles. The van der Waals surface area contributed by atoms with E-state index in [1.165, 1.54) is 12.1 Å². The van der Waals surface area contributed by atoms with Crippen molar-refractivity contribution in [3.8, 4) is 5.75 Å². The van der Waals surface area contributed by atoms with Crippen molar-refractivity contribution in [3.05, 3.63) is 42.1 Å². The van der Waals surface area contributed by atoms with E-state index in [1.54, 1.807) is 12.1 Å². The normalized spacial score (nSPS) is 30.4. The number of alkyl carbamates (subject to hydrolysis) is 1. The molecule has 196 valence electrons. The van der Waals surface area contributed by atoms with Crippen molar-refractivity contribution in [2.24, 2.45) is 17.8 Å². The van der Waals surface area contributed by atoms with Crippen molar-refractivity contribution in [3.63, 3.8) is 0 Å². The number of benzene rings is 1. The molecule has 3 heterocycles. The Hall–Kier alpha value is -2.91. The van der Waals surface area contributed by atoms with E-state index in [2.05, 4.69) is 21.2 Å². The third-order valence-electron chi connectivity index (χ3n) is 7.99. The molecule has 3 saturated heterocycles. The number of rotatable bonds is 5. The second-order valence-corrected chi connectivity index (χ2v) is 10.4. The minimum atomic E-state index is -4.68. The summed E-state index contributed by atoms with van der Waals surface area (Å²) in [5, 5.41) is 2.83. The fraction of sp³-hybridized carbons (Fsp3) is 0.615. The number of alkyl halides is 3. The third kappa shape index (κ3) is 5.90. The Morgan fingerprint density at radius 3 is 2.44 bits per heavy atom. The van der Waals surface area contributed by atoms with Crippen LogP contribution in [0.2, 0.25) is 0 Å². The lowest BCUT2D eigenvalue weighted by Gasteiger charge is -2.31. The lowest BCUT2D eigenvalue weighted by atomic mass is 9.83. The van der Waals surface area contributed by atoms with E-state index in [0.29, 0.717) is 24.7 Å². The first kappa shape index (κ1) is 24.8. The number of nitrogens with zero attached hydrogens (tertiary/aromatic N) is 2. The van der Waals surface area contributed by atoms with E-state index in [0.717, 1.165) is 57.4 Å². The van der Waals surface area contributed by atoms with Crippen molar-refractivity contribution in [1.29, 1.82) is 0 Å². The summed E-state index contributed by atoms with van der Waals surface area (Å²) in [6.45, 7) is 3.45. The molecule has 2 amide bonds. The van der Waals surface area contributed by atoms with Gasteiger partial charge in [-0.1, -0.05) is 18.2 Å². The van der Waals surface area contributed by atoms with Crippen LogP contribution in [0.1, 0.15) is 37.7 Å². The Labute approximate surface area is 208 Å². The average molecular weight is 508 g/mol. The van der Waals surface area contributed by atoms with Gasteiger partial charge >= 0.3 is 12.5 Å². The van der Waals surface area contributed by atoms with E-state index in [4.69, 9.17) is 4.74 Å². The molecular weight excluding hydrogens is 475 g/mol. The second kappa shape index (κ2) is 10.2. The van der Waals surface area contributed by atoms with E-state index < -0.39 is 6.36 Å². The van der Waals surface area contributed by atoms with Crippen LogP contribution in [-0.2, 0) is 16.0 Å². The maximum atomic E-state index is 13.2. The summed E-state index contributed by atoms with van der Waals surface area (Å²) in [4.78, 5) is 29.0. The molecule has 4 fully saturated rings. The van der Waals surface area contributed by atoms with Crippen LogP contribution in [0.5, 0.6) is 5.75 Å². The molecule has 0 aromatic heterocycles. The number of likely N-dealkylation sites (tertiary alicyclic amines) is 2. The zero-order valence-electron chi connectivity index (χ0n) is 20.1. The minimum Gasteiger partial charge on any atom is -0.444 e. The predicted octanol–water partition coefficient (Wildman–Crippen LogP) is 4.09. The van der Waals surface area contributed by atoms with Crippen molar-refractivity contribution in [1.82, 2.24) is 15.1 Å². The van der Waals surface area contributed by atoms with Gasteiger partial charge in [-0.25, -0.2) is 4.79 Å². The van der Waals surface area contributed by atoms with Gasteiger partial charge in [0.2, 0.25) is 5.91 Å². The molecule has 36 heavy (non-hydrogen) atoms. The van der Waals surface area contributed by atoms with Crippen molar-refractivity contribution in [2.45, 2.75) is 57.0 Å². The Morgan fingerprint density at radius 1 is 1.08 bits per heavy atom. The fourth-order valence-electron chi connectivity index (χ4n) is 6.09. The van der Waals surface area contributed by atoms with E-state index in [1.807, 2.05) is 11.0 Å². The van der Waals surface area contributed by atoms with E-state index in [-0.39, 0.29) is 35.8 Å². The summed E-state index contributed by atoms with van der Waals surface area (Å²) in [6.07, 6.45) is 3.78. The summed E-state index contributed by atoms with van der Waals surface area (Å²) in [6, 6.07) is 6.00. The van der Waals surface area contributed by atoms with E-state index in [9.17, 15) is 22.8 Å². The van der Waals surface area contributed by atoms with Gasteiger partial charge in [-0.3, -0.25) is 4.79 Å². The minimum absolute atomic E-state index is 0.0491. The van der Waals surface area contributed by atoms with Gasteiger partial charge in [0.05, 0.1) is 6.04 Å². The number of nitrogens with one attached hydrogen (secondary N) is 1. The highest BCUT2D eigenvalue weighted by Crippen LogP contribution is 2.36. The second-order valence-electron chi connectivity index (χ2n) is 10.4. The zero-order valence-corrected chi connectivity index (χ0v) is 20.1. The average Bonchev–Trinajstić information content (AvgIpc) is 3.36. The van der Waals surface area contributed by atoms with Crippen LogP contribution < -0.4 is 10.1 Å². The number of carbonyl (C=O) groups excluding carboxylic acids is 2. The quantitative estimate of drug-likeness (QED) is 0.650. The summed E-state index contributed by atoms with van der Waals surface area (Å²) in [5.41, 5.74) is 0.916. The molecule has 1 N–H and O–H groups in total. The maximum absolute atomic E-state index is 13.2. The number of hydrogen-bond acceptors (Lipinski definition) is 5. The molecular formula is C26H32F3N3O4. The monoisotopic (exact) mass is 507 g/mol. The van der Waals surface area contributed by atoms with Crippen LogP contribution >= 0.6 is 0 Å². The molecule has 4 aliphatic rings. The predicted molar refractivity (Wildman–Crippen MR) is 125 cm³/mol. The van der Waals surface area contributed by atoms with Gasteiger partial charge in [-0.15, -0.1) is 13.2 Å². The van der Waals surface area contributed by atoms with Crippen LogP contribution in [-0.4, -0.2) is 66.5 Å². The van der Waals surface area contributed by atoms with Crippen LogP contribution in [0.25, 0.3) is 0 Å². The molecule has 0 spiro atoms. The number of fused-ring (bicyclic) bond motifs is 2. The lowest BCUT2D eigenvalue weighted by molar-refractivity contribution is -0.274. The molecule has 7 nitrogen and oxygen atoms in total. The van der Waals surface area contributed by atoms with Crippen molar-refractivity contribution in [2.75, 3.05) is 26.2 Å². The summed E-state index contributed by atoms with van der Waals surface area (Å²) >= 11 is 0. The summed E-state index contributed by atoms with van der Waals surface area (Å²) < 4.78 is 46.1. The van der Waals surface area contributed by atoms with Gasteiger partial charge in [0.15, 0.2) is 0 Å². The van der Waals surface area contributed by atoms with Gasteiger partial charge in [-0.05, 0) is 74.3 Å². The number of amides is 2. The molecule has 3 unspecified atom stereocenters. The van der Waals surface area contributed by atoms with Crippen LogP contribution in [0, 0.1) is 17.8 Å². The molecule has 0 radical (unpaired) electrons. The zero-order chi connectivity index (χ0) is 25.3. The first-order valence-electron chi connectivity index (χ1n) is 12.7. The van der Waals surface area contributed by atoms with Crippen LogP contribution in [0.4, 0.5) is 18.0 Å². The highest BCUT2D eigenvalue weighted by molar-refractivity contribution is 5.80. The highest BCUT2D eigenvalue weighted by Gasteiger charge is 2.44. The maximum Gasteiger partial charge on any atom is 0.573 e. The van der Waals surface area contributed by atoms with Crippen LogP contribution in [0.3, 0.4) is 0 Å². The number of hydrogen-bond donors (Lipinski definition) is 1. The third-order valence-corrected chi connectivity index (χ3v) is 7.99. The van der Waals surface area contributed by atoms with E-state index >= 15 is 0 Å². The van der Waals surface area contributed by atoms with Gasteiger partial charge in [-0.2, -0.15) is 0 Å². The standard InChI is InChI=1S/C26H32F3N3O4/c27-26(28,29)36-21-6-3-17(4-7-21)2-1-11-31-12-9-19-15-32(16-20(19)10-13-31)24(33)18-5-8-22-23(14-18)35-25(34)30-22/h1,3-4,6-7,11,18-20,22-23H,2,5,8-10,12-16H2,(H,30,34)/b11-1+/t18?,19-,20+,22?,23?. The van der Waals surface area contributed by atoms with Crippen LogP contribution in [0.15, 0.2) is 36.5 Å². The Kier molecular flexibility index (Phi) is 7.03. The molecule has 5 atom stereocenters. The molecule has 3 aliphatic heterocycles.